The van der Waals surface area contributed by atoms with E-state index in [4.69, 9.17) is 0 Å². The Morgan fingerprint density at radius 1 is 0.538 bits per heavy atom. The Morgan fingerprint density at radius 2 is 0.872 bits per heavy atom. The van der Waals surface area contributed by atoms with E-state index >= 15 is 0 Å². The Labute approximate surface area is 231 Å². The van der Waals surface area contributed by atoms with Gasteiger partial charge in [0, 0.05) is 6.54 Å². The molecule has 0 bridgehead atoms. The summed E-state index contributed by atoms with van der Waals surface area (Å²) in [6, 6.07) is 4.71. The van der Waals surface area contributed by atoms with E-state index in [9.17, 15) is 27.2 Å². The SMILES string of the molecule is CCCCCCCCCCCCCCCCCCN(C(=O)c1cc(F)ccc1F)C(=O)c1cc(F)ccc1F. The smallest absolute Gasteiger partial charge is 0.263 e. The molecule has 0 aliphatic heterocycles. The van der Waals surface area contributed by atoms with Crippen molar-refractivity contribution in [3.8, 4) is 0 Å². The van der Waals surface area contributed by atoms with Crippen molar-refractivity contribution < 1.29 is 27.2 Å². The molecule has 0 unspecified atom stereocenters. The van der Waals surface area contributed by atoms with E-state index in [-0.39, 0.29) is 6.54 Å². The van der Waals surface area contributed by atoms with Gasteiger partial charge in [-0.3, -0.25) is 14.5 Å². The molecule has 0 spiro atoms. The van der Waals surface area contributed by atoms with Gasteiger partial charge in [-0.2, -0.15) is 0 Å². The van der Waals surface area contributed by atoms with Crippen LogP contribution in [0.25, 0.3) is 0 Å². The lowest BCUT2D eigenvalue weighted by atomic mass is 10.0. The van der Waals surface area contributed by atoms with Gasteiger partial charge in [-0.1, -0.05) is 103 Å². The van der Waals surface area contributed by atoms with Crippen molar-refractivity contribution in [3.05, 3.63) is 70.8 Å². The number of unbranched alkanes of at least 4 members (excludes halogenated alkanes) is 15. The minimum atomic E-state index is -1.08. The third-order valence-corrected chi connectivity index (χ3v) is 7.04. The van der Waals surface area contributed by atoms with Crippen molar-refractivity contribution in [2.45, 2.75) is 110 Å². The lowest BCUT2D eigenvalue weighted by Gasteiger charge is -2.22. The molecule has 2 aromatic carbocycles. The Morgan fingerprint density at radius 3 is 1.23 bits per heavy atom. The van der Waals surface area contributed by atoms with Gasteiger partial charge in [0.25, 0.3) is 11.8 Å². The van der Waals surface area contributed by atoms with Gasteiger partial charge in [-0.25, -0.2) is 17.6 Å². The first-order valence-corrected chi connectivity index (χ1v) is 14.6. The molecule has 0 saturated heterocycles. The molecule has 0 aliphatic rings. The second kappa shape index (κ2) is 18.6. The Hall–Kier alpha value is -2.70. The number of benzene rings is 2. The highest BCUT2D eigenvalue weighted by atomic mass is 19.1. The zero-order chi connectivity index (χ0) is 28.5. The summed E-state index contributed by atoms with van der Waals surface area (Å²) in [5.41, 5.74) is -1.26. The molecule has 0 aromatic heterocycles. The summed E-state index contributed by atoms with van der Waals surface area (Å²) >= 11 is 0. The quantitative estimate of drug-likeness (QED) is 0.0993. The zero-order valence-electron chi connectivity index (χ0n) is 23.3. The fraction of sp³-hybridized carbons (Fsp3) is 0.562. The summed E-state index contributed by atoms with van der Waals surface area (Å²) in [6.07, 6.45) is 18.5. The number of nitrogens with zero attached hydrogens (tertiary/aromatic N) is 1. The number of rotatable bonds is 19. The van der Waals surface area contributed by atoms with Crippen molar-refractivity contribution in [1.82, 2.24) is 4.90 Å². The Bertz CT molecular complexity index is 964. The maximum absolute atomic E-state index is 14.3. The monoisotopic (exact) mass is 549 g/mol. The van der Waals surface area contributed by atoms with E-state index in [0.717, 1.165) is 43.5 Å². The summed E-state index contributed by atoms with van der Waals surface area (Å²) in [5, 5.41) is 0. The van der Waals surface area contributed by atoms with Crippen LogP contribution >= 0.6 is 0 Å². The fourth-order valence-electron chi connectivity index (χ4n) is 4.73. The molecule has 0 radical (unpaired) electrons. The highest BCUT2D eigenvalue weighted by Crippen LogP contribution is 2.19. The molecule has 0 saturated carbocycles. The number of hydrogen-bond acceptors (Lipinski definition) is 2. The van der Waals surface area contributed by atoms with Crippen molar-refractivity contribution in [1.29, 1.82) is 0 Å². The van der Waals surface area contributed by atoms with E-state index < -0.39 is 46.2 Å². The van der Waals surface area contributed by atoms with Crippen molar-refractivity contribution in [2.75, 3.05) is 6.54 Å². The van der Waals surface area contributed by atoms with Crippen LogP contribution in [0.15, 0.2) is 36.4 Å². The Kier molecular flexibility index (Phi) is 15.5. The molecule has 0 atom stereocenters. The van der Waals surface area contributed by atoms with Gasteiger partial charge in [0.1, 0.15) is 23.3 Å². The molecule has 0 fully saturated rings. The number of carbonyl (C=O) groups is 2. The number of amides is 2. The van der Waals surface area contributed by atoms with Crippen LogP contribution in [0.1, 0.15) is 130 Å². The predicted octanol–water partition coefficient (Wildman–Crippen LogP) is 9.79. The molecule has 0 N–H and O–H groups in total. The second-order valence-electron chi connectivity index (χ2n) is 10.3. The fourth-order valence-corrected chi connectivity index (χ4v) is 4.73. The molecule has 3 nitrogen and oxygen atoms in total. The van der Waals surface area contributed by atoms with E-state index in [1.165, 1.54) is 70.6 Å². The first-order valence-electron chi connectivity index (χ1n) is 14.6. The number of hydrogen-bond donors (Lipinski definition) is 0. The van der Waals surface area contributed by atoms with Crippen LogP contribution in [0.3, 0.4) is 0 Å². The minimum Gasteiger partial charge on any atom is -0.274 e. The van der Waals surface area contributed by atoms with Crippen LogP contribution in [0.4, 0.5) is 17.6 Å². The summed E-state index contributed by atoms with van der Waals surface area (Å²) in [7, 11) is 0. The summed E-state index contributed by atoms with van der Waals surface area (Å²) in [5.74, 6) is -5.84. The van der Waals surface area contributed by atoms with Crippen LogP contribution in [-0.2, 0) is 0 Å². The van der Waals surface area contributed by atoms with Crippen LogP contribution in [0, 0.1) is 23.3 Å². The van der Waals surface area contributed by atoms with Gasteiger partial charge < -0.3 is 0 Å². The van der Waals surface area contributed by atoms with Crippen LogP contribution in [0.5, 0.6) is 0 Å². The average molecular weight is 550 g/mol. The van der Waals surface area contributed by atoms with Crippen molar-refractivity contribution >= 4 is 11.8 Å². The van der Waals surface area contributed by atoms with Gasteiger partial charge in [-0.15, -0.1) is 0 Å². The van der Waals surface area contributed by atoms with E-state index in [1.807, 2.05) is 0 Å². The number of halogens is 4. The van der Waals surface area contributed by atoms with Crippen LogP contribution in [0.2, 0.25) is 0 Å². The third kappa shape index (κ3) is 11.9. The minimum absolute atomic E-state index is 0.109. The molecule has 2 rings (SSSR count). The zero-order valence-corrected chi connectivity index (χ0v) is 23.3. The molecule has 7 heteroatoms. The van der Waals surface area contributed by atoms with E-state index in [1.54, 1.807) is 0 Å². The topological polar surface area (TPSA) is 37.4 Å². The summed E-state index contributed by atoms with van der Waals surface area (Å²) < 4.78 is 55.9. The standard InChI is InChI=1S/C32H43F4NO2/c1-2-3-4-5-6-7-8-9-10-11-12-13-14-15-16-17-22-37(31(38)27-23-25(33)18-20-29(27)35)32(39)28-24-26(34)19-21-30(28)36/h18-21,23-24H,2-17,22H2,1H3. The normalized spacial score (nSPS) is 11.1. The highest BCUT2D eigenvalue weighted by molar-refractivity contribution is 6.10. The average Bonchev–Trinajstić information content (AvgIpc) is 2.92. The van der Waals surface area contributed by atoms with Gasteiger partial charge in [0.15, 0.2) is 0 Å². The van der Waals surface area contributed by atoms with E-state index in [0.29, 0.717) is 29.9 Å². The molecule has 0 heterocycles. The molecular weight excluding hydrogens is 506 g/mol. The van der Waals surface area contributed by atoms with Gasteiger partial charge >= 0.3 is 0 Å². The van der Waals surface area contributed by atoms with E-state index in [2.05, 4.69) is 6.92 Å². The van der Waals surface area contributed by atoms with Crippen molar-refractivity contribution in [2.24, 2.45) is 0 Å². The van der Waals surface area contributed by atoms with Crippen LogP contribution < -0.4 is 0 Å². The maximum atomic E-state index is 14.3. The lowest BCUT2D eigenvalue weighted by Crippen LogP contribution is -2.38. The van der Waals surface area contributed by atoms with Crippen molar-refractivity contribution in [3.63, 3.8) is 0 Å². The number of carbonyl (C=O) groups excluding carboxylic acids is 2. The largest absolute Gasteiger partial charge is 0.274 e. The van der Waals surface area contributed by atoms with Gasteiger partial charge in [0.2, 0.25) is 0 Å². The lowest BCUT2D eigenvalue weighted by molar-refractivity contribution is 0.0607. The highest BCUT2D eigenvalue weighted by Gasteiger charge is 2.28. The third-order valence-electron chi connectivity index (χ3n) is 7.04. The summed E-state index contributed by atoms with van der Waals surface area (Å²) in [4.78, 5) is 26.7. The summed E-state index contributed by atoms with van der Waals surface area (Å²) in [6.45, 7) is 2.13. The predicted molar refractivity (Wildman–Crippen MR) is 148 cm³/mol. The first kappa shape index (κ1) is 32.5. The number of imide groups is 1. The van der Waals surface area contributed by atoms with Gasteiger partial charge in [-0.05, 0) is 42.8 Å². The molecule has 2 aromatic rings. The second-order valence-corrected chi connectivity index (χ2v) is 10.3. The molecule has 216 valence electrons. The molecule has 39 heavy (non-hydrogen) atoms. The first-order chi connectivity index (χ1) is 18.8. The molecular formula is C32H43F4NO2. The molecule has 0 aliphatic carbocycles. The Balaban J connectivity index is 1.76. The maximum Gasteiger partial charge on any atom is 0.263 e. The van der Waals surface area contributed by atoms with Crippen LogP contribution in [-0.4, -0.2) is 23.3 Å². The molecule has 2 amide bonds. The van der Waals surface area contributed by atoms with Gasteiger partial charge in [0.05, 0.1) is 11.1 Å².